The summed E-state index contributed by atoms with van der Waals surface area (Å²) < 4.78 is 0. The fourth-order valence-electron chi connectivity index (χ4n) is 2.62. The van der Waals surface area contributed by atoms with Crippen molar-refractivity contribution in [2.45, 2.75) is 32.2 Å². The van der Waals surface area contributed by atoms with Gasteiger partial charge >= 0.3 is 12.0 Å². The number of carbonyl (C=O) groups excluding carboxylic acids is 1. The van der Waals surface area contributed by atoms with Crippen molar-refractivity contribution in [1.29, 1.82) is 5.26 Å². The van der Waals surface area contributed by atoms with Gasteiger partial charge in [0, 0.05) is 25.7 Å². The van der Waals surface area contributed by atoms with E-state index in [9.17, 15) is 9.59 Å². The van der Waals surface area contributed by atoms with Crippen LogP contribution in [-0.4, -0.2) is 52.6 Å². The quantitative estimate of drug-likeness (QED) is 0.826. The SMILES string of the molecule is CC1CN(C(=O)N(CCC#N)C2CC2)CC1C(=O)O. The number of likely N-dealkylation sites (tertiary alicyclic amines) is 1. The minimum Gasteiger partial charge on any atom is -0.481 e. The Kier molecular flexibility index (Phi) is 3.93. The first-order valence-electron chi connectivity index (χ1n) is 6.70. The van der Waals surface area contributed by atoms with Gasteiger partial charge in [-0.3, -0.25) is 4.79 Å². The Bertz CT molecular complexity index is 414. The lowest BCUT2D eigenvalue weighted by Crippen LogP contribution is -2.44. The molecule has 104 valence electrons. The lowest BCUT2D eigenvalue weighted by molar-refractivity contribution is -0.142. The first-order valence-corrected chi connectivity index (χ1v) is 6.70. The predicted molar refractivity (Wildman–Crippen MR) is 67.2 cm³/mol. The fourth-order valence-corrected chi connectivity index (χ4v) is 2.62. The van der Waals surface area contributed by atoms with E-state index in [0.717, 1.165) is 12.8 Å². The molecule has 2 amide bonds. The number of hydrogen-bond donors (Lipinski definition) is 1. The number of nitriles is 1. The third kappa shape index (κ3) is 2.98. The van der Waals surface area contributed by atoms with Crippen LogP contribution in [0.25, 0.3) is 0 Å². The van der Waals surface area contributed by atoms with Crippen molar-refractivity contribution in [2.75, 3.05) is 19.6 Å². The van der Waals surface area contributed by atoms with Gasteiger partial charge in [-0.15, -0.1) is 0 Å². The van der Waals surface area contributed by atoms with Crippen LogP contribution >= 0.6 is 0 Å². The topological polar surface area (TPSA) is 84.6 Å². The second-order valence-corrected chi connectivity index (χ2v) is 5.44. The monoisotopic (exact) mass is 265 g/mol. The molecule has 1 N–H and O–H groups in total. The zero-order valence-electron chi connectivity index (χ0n) is 11.1. The summed E-state index contributed by atoms with van der Waals surface area (Å²) in [5.41, 5.74) is 0. The minimum atomic E-state index is -0.835. The number of carboxylic acid groups (broad SMARTS) is 1. The number of nitrogens with zero attached hydrogens (tertiary/aromatic N) is 3. The van der Waals surface area contributed by atoms with Gasteiger partial charge in [0.1, 0.15) is 0 Å². The molecule has 19 heavy (non-hydrogen) atoms. The first kappa shape index (κ1) is 13.7. The highest BCUT2D eigenvalue weighted by molar-refractivity contribution is 5.78. The van der Waals surface area contributed by atoms with E-state index in [1.165, 1.54) is 0 Å². The Hall–Kier alpha value is -1.77. The molecular formula is C13H19N3O3. The summed E-state index contributed by atoms with van der Waals surface area (Å²) in [6.07, 6.45) is 2.31. The lowest BCUT2D eigenvalue weighted by atomic mass is 9.99. The predicted octanol–water partition coefficient (Wildman–Crippen LogP) is 1.14. The summed E-state index contributed by atoms with van der Waals surface area (Å²) in [7, 11) is 0. The van der Waals surface area contributed by atoms with Gasteiger partial charge in [-0.1, -0.05) is 6.92 Å². The molecule has 1 aliphatic heterocycles. The van der Waals surface area contributed by atoms with Gasteiger partial charge in [0.05, 0.1) is 18.4 Å². The van der Waals surface area contributed by atoms with Crippen molar-refractivity contribution in [2.24, 2.45) is 11.8 Å². The average molecular weight is 265 g/mol. The van der Waals surface area contributed by atoms with Crippen LogP contribution in [0.3, 0.4) is 0 Å². The summed E-state index contributed by atoms with van der Waals surface area (Å²) in [4.78, 5) is 26.8. The second-order valence-electron chi connectivity index (χ2n) is 5.44. The number of aliphatic carboxylic acids is 1. The van der Waals surface area contributed by atoms with E-state index < -0.39 is 11.9 Å². The molecule has 1 saturated carbocycles. The molecule has 0 bridgehead atoms. The summed E-state index contributed by atoms with van der Waals surface area (Å²) >= 11 is 0. The Morgan fingerprint density at radius 3 is 2.58 bits per heavy atom. The standard InChI is InChI=1S/C13H19N3O3/c1-9-7-15(8-11(9)12(17)18)13(19)16(6-2-5-14)10-3-4-10/h9-11H,2-4,6-8H2,1H3,(H,17,18). The largest absolute Gasteiger partial charge is 0.481 e. The molecule has 0 spiro atoms. The highest BCUT2D eigenvalue weighted by atomic mass is 16.4. The molecule has 1 heterocycles. The number of carbonyl (C=O) groups is 2. The Labute approximate surface area is 112 Å². The minimum absolute atomic E-state index is 0.0153. The van der Waals surface area contributed by atoms with E-state index in [4.69, 9.17) is 10.4 Å². The van der Waals surface area contributed by atoms with E-state index in [1.54, 1.807) is 9.80 Å². The van der Waals surface area contributed by atoms with Gasteiger partial charge in [0.25, 0.3) is 0 Å². The third-order valence-corrected chi connectivity index (χ3v) is 3.90. The number of amides is 2. The summed E-state index contributed by atoms with van der Waals surface area (Å²) in [5, 5.41) is 17.7. The van der Waals surface area contributed by atoms with Crippen LogP contribution in [0.15, 0.2) is 0 Å². The van der Waals surface area contributed by atoms with Gasteiger partial charge < -0.3 is 14.9 Å². The molecule has 0 aromatic carbocycles. The normalized spacial score (nSPS) is 26.0. The fraction of sp³-hybridized carbons (Fsp3) is 0.769. The van der Waals surface area contributed by atoms with E-state index in [1.807, 2.05) is 6.92 Å². The van der Waals surface area contributed by atoms with E-state index in [0.29, 0.717) is 19.5 Å². The molecule has 0 aromatic rings. The van der Waals surface area contributed by atoms with Crippen molar-refractivity contribution >= 4 is 12.0 Å². The number of urea groups is 1. The molecule has 2 atom stereocenters. The smallest absolute Gasteiger partial charge is 0.320 e. The van der Waals surface area contributed by atoms with Gasteiger partial charge in [0.15, 0.2) is 0 Å². The zero-order valence-corrected chi connectivity index (χ0v) is 11.1. The average Bonchev–Trinajstić information content (AvgIpc) is 3.11. The maximum Gasteiger partial charge on any atom is 0.320 e. The number of rotatable bonds is 4. The van der Waals surface area contributed by atoms with Crippen LogP contribution in [0.5, 0.6) is 0 Å². The van der Waals surface area contributed by atoms with Crippen molar-refractivity contribution in [1.82, 2.24) is 9.80 Å². The van der Waals surface area contributed by atoms with Crippen molar-refractivity contribution < 1.29 is 14.7 Å². The molecular weight excluding hydrogens is 246 g/mol. The zero-order chi connectivity index (χ0) is 14.0. The molecule has 2 rings (SSSR count). The molecule has 0 radical (unpaired) electrons. The van der Waals surface area contributed by atoms with Gasteiger partial charge in [-0.2, -0.15) is 5.26 Å². The van der Waals surface area contributed by atoms with Crippen LogP contribution in [-0.2, 0) is 4.79 Å². The van der Waals surface area contributed by atoms with E-state index in [2.05, 4.69) is 6.07 Å². The third-order valence-electron chi connectivity index (χ3n) is 3.90. The van der Waals surface area contributed by atoms with Crippen LogP contribution < -0.4 is 0 Å². The maximum absolute atomic E-state index is 12.4. The first-order chi connectivity index (χ1) is 9.04. The molecule has 2 fully saturated rings. The molecule has 6 heteroatoms. The lowest BCUT2D eigenvalue weighted by Gasteiger charge is -2.27. The van der Waals surface area contributed by atoms with Gasteiger partial charge in [-0.05, 0) is 18.8 Å². The van der Waals surface area contributed by atoms with Crippen molar-refractivity contribution in [3.63, 3.8) is 0 Å². The Balaban J connectivity index is 1.98. The molecule has 1 aliphatic carbocycles. The summed E-state index contributed by atoms with van der Waals surface area (Å²) in [6.45, 7) is 3.09. The van der Waals surface area contributed by atoms with Crippen molar-refractivity contribution in [3.05, 3.63) is 0 Å². The summed E-state index contributed by atoms with van der Waals surface area (Å²) in [6, 6.07) is 2.20. The molecule has 0 aromatic heterocycles. The van der Waals surface area contributed by atoms with Crippen LogP contribution in [0.1, 0.15) is 26.2 Å². The highest BCUT2D eigenvalue weighted by Crippen LogP contribution is 2.30. The second kappa shape index (κ2) is 5.47. The summed E-state index contributed by atoms with van der Waals surface area (Å²) in [5.74, 6) is -1.32. The van der Waals surface area contributed by atoms with Gasteiger partial charge in [-0.25, -0.2) is 4.79 Å². The van der Waals surface area contributed by atoms with Crippen molar-refractivity contribution in [3.8, 4) is 6.07 Å². The molecule has 1 saturated heterocycles. The van der Waals surface area contributed by atoms with E-state index >= 15 is 0 Å². The van der Waals surface area contributed by atoms with Crippen LogP contribution in [0, 0.1) is 23.2 Å². The number of carboxylic acids is 1. The van der Waals surface area contributed by atoms with Gasteiger partial charge in [0.2, 0.25) is 0 Å². The van der Waals surface area contributed by atoms with E-state index in [-0.39, 0.29) is 24.5 Å². The highest BCUT2D eigenvalue weighted by Gasteiger charge is 2.41. The molecule has 2 aliphatic rings. The Morgan fingerprint density at radius 1 is 1.42 bits per heavy atom. The Morgan fingerprint density at radius 2 is 2.11 bits per heavy atom. The molecule has 2 unspecified atom stereocenters. The van der Waals surface area contributed by atoms with Crippen LogP contribution in [0.4, 0.5) is 4.79 Å². The number of hydrogen-bond acceptors (Lipinski definition) is 3. The molecule has 6 nitrogen and oxygen atoms in total. The maximum atomic E-state index is 12.4. The van der Waals surface area contributed by atoms with Crippen LogP contribution in [0.2, 0.25) is 0 Å².